The van der Waals surface area contributed by atoms with Gasteiger partial charge in [0.1, 0.15) is 6.04 Å². The van der Waals surface area contributed by atoms with Gasteiger partial charge in [-0.05, 0) is 16.7 Å². The van der Waals surface area contributed by atoms with Crippen molar-refractivity contribution in [2.45, 2.75) is 32.1 Å². The van der Waals surface area contributed by atoms with Gasteiger partial charge in [-0.3, -0.25) is 14.4 Å². The SMILES string of the molecule is O=C(O)C1CC(=O)N(Cc2ccccc2)C1C(=O)N(Cc1ccccc1)Cc1ccccc1. The second kappa shape index (κ2) is 10.1. The van der Waals surface area contributed by atoms with Crippen molar-refractivity contribution in [1.29, 1.82) is 0 Å². The molecule has 6 nitrogen and oxygen atoms in total. The number of benzene rings is 3. The topological polar surface area (TPSA) is 77.9 Å². The monoisotopic (exact) mass is 442 g/mol. The predicted molar refractivity (Wildman–Crippen MR) is 124 cm³/mol. The third-order valence-corrected chi connectivity index (χ3v) is 5.94. The lowest BCUT2D eigenvalue weighted by Gasteiger charge is -2.32. The number of likely N-dealkylation sites (tertiary alicyclic amines) is 1. The number of carboxylic acid groups (broad SMARTS) is 1. The van der Waals surface area contributed by atoms with Crippen LogP contribution >= 0.6 is 0 Å². The smallest absolute Gasteiger partial charge is 0.309 e. The quantitative estimate of drug-likeness (QED) is 0.577. The molecule has 3 aromatic carbocycles. The fraction of sp³-hybridized carbons (Fsp3) is 0.222. The van der Waals surface area contributed by atoms with Gasteiger partial charge in [0.25, 0.3) is 0 Å². The molecule has 1 heterocycles. The fourth-order valence-electron chi connectivity index (χ4n) is 4.29. The van der Waals surface area contributed by atoms with Crippen LogP contribution in [-0.4, -0.2) is 38.7 Å². The van der Waals surface area contributed by atoms with Gasteiger partial charge in [-0.2, -0.15) is 0 Å². The lowest BCUT2D eigenvalue weighted by Crippen LogP contribution is -2.49. The van der Waals surface area contributed by atoms with Gasteiger partial charge < -0.3 is 14.9 Å². The minimum atomic E-state index is -1.13. The van der Waals surface area contributed by atoms with E-state index in [1.54, 1.807) is 4.90 Å². The van der Waals surface area contributed by atoms with Gasteiger partial charge in [0.05, 0.1) is 5.92 Å². The molecule has 0 saturated carbocycles. The highest BCUT2D eigenvalue weighted by molar-refractivity contribution is 5.97. The number of nitrogens with zero attached hydrogens (tertiary/aromatic N) is 2. The van der Waals surface area contributed by atoms with Crippen LogP contribution < -0.4 is 0 Å². The average Bonchev–Trinajstić information content (AvgIpc) is 3.16. The Balaban J connectivity index is 1.66. The molecule has 6 heteroatoms. The number of hydrogen-bond donors (Lipinski definition) is 1. The zero-order valence-electron chi connectivity index (χ0n) is 18.2. The van der Waals surface area contributed by atoms with Crippen LogP contribution in [0.4, 0.5) is 0 Å². The molecule has 1 aliphatic heterocycles. The molecule has 4 rings (SSSR count). The van der Waals surface area contributed by atoms with E-state index in [0.717, 1.165) is 16.7 Å². The van der Waals surface area contributed by atoms with Crippen LogP contribution in [0.5, 0.6) is 0 Å². The first-order valence-electron chi connectivity index (χ1n) is 11.0. The highest BCUT2D eigenvalue weighted by atomic mass is 16.4. The Bertz CT molecular complexity index is 1060. The molecule has 0 aliphatic carbocycles. The fourth-order valence-corrected chi connectivity index (χ4v) is 4.29. The van der Waals surface area contributed by atoms with Crippen LogP contribution in [0.2, 0.25) is 0 Å². The maximum atomic E-state index is 13.9. The molecule has 168 valence electrons. The molecule has 0 radical (unpaired) electrons. The molecule has 2 unspecified atom stereocenters. The van der Waals surface area contributed by atoms with Gasteiger partial charge in [-0.1, -0.05) is 91.0 Å². The van der Waals surface area contributed by atoms with Crippen molar-refractivity contribution in [3.8, 4) is 0 Å². The van der Waals surface area contributed by atoms with Crippen molar-refractivity contribution in [3.05, 3.63) is 108 Å². The lowest BCUT2D eigenvalue weighted by atomic mass is 9.98. The van der Waals surface area contributed by atoms with E-state index in [0.29, 0.717) is 13.1 Å². The normalized spacial score (nSPS) is 17.7. The molecular formula is C27H26N2O4. The Labute approximate surface area is 193 Å². The van der Waals surface area contributed by atoms with Crippen LogP contribution in [0.1, 0.15) is 23.1 Å². The third-order valence-electron chi connectivity index (χ3n) is 5.94. The first kappa shape index (κ1) is 22.3. The lowest BCUT2D eigenvalue weighted by molar-refractivity contribution is -0.150. The molecule has 1 fully saturated rings. The number of carbonyl (C=O) groups excluding carboxylic acids is 2. The van der Waals surface area contributed by atoms with Gasteiger partial charge in [0.15, 0.2) is 0 Å². The Hall–Kier alpha value is -3.93. The second-order valence-corrected chi connectivity index (χ2v) is 8.27. The summed E-state index contributed by atoms with van der Waals surface area (Å²) < 4.78 is 0. The average molecular weight is 443 g/mol. The van der Waals surface area contributed by atoms with Crippen molar-refractivity contribution in [3.63, 3.8) is 0 Å². The van der Waals surface area contributed by atoms with E-state index in [-0.39, 0.29) is 24.8 Å². The summed E-state index contributed by atoms with van der Waals surface area (Å²) in [5, 5.41) is 9.85. The van der Waals surface area contributed by atoms with Crippen molar-refractivity contribution >= 4 is 17.8 Å². The summed E-state index contributed by atoms with van der Waals surface area (Å²) in [6, 6.07) is 27.4. The first-order chi connectivity index (χ1) is 16.0. The van der Waals surface area contributed by atoms with E-state index in [1.165, 1.54) is 4.90 Å². The molecule has 0 aromatic heterocycles. The summed E-state index contributed by atoms with van der Waals surface area (Å²) in [6.07, 6.45) is -0.177. The molecule has 1 saturated heterocycles. The van der Waals surface area contributed by atoms with Crippen LogP contribution in [0.3, 0.4) is 0 Å². The first-order valence-corrected chi connectivity index (χ1v) is 11.0. The standard InChI is InChI=1S/C27H26N2O4/c30-24-16-23(27(32)33)25(29(24)19-22-14-8-3-9-15-22)26(31)28(17-20-10-4-1-5-11-20)18-21-12-6-2-7-13-21/h1-15,23,25H,16-19H2,(H,32,33). The van der Waals surface area contributed by atoms with E-state index in [9.17, 15) is 19.5 Å². The van der Waals surface area contributed by atoms with Crippen molar-refractivity contribution < 1.29 is 19.5 Å². The van der Waals surface area contributed by atoms with Crippen LogP contribution in [0, 0.1) is 5.92 Å². The highest BCUT2D eigenvalue weighted by Gasteiger charge is 2.49. The number of amides is 2. The Morgan fingerprint density at radius 2 is 1.24 bits per heavy atom. The zero-order chi connectivity index (χ0) is 23.2. The van der Waals surface area contributed by atoms with Gasteiger partial charge in [0.2, 0.25) is 11.8 Å². The van der Waals surface area contributed by atoms with E-state index < -0.39 is 17.9 Å². The largest absolute Gasteiger partial charge is 0.481 e. The Morgan fingerprint density at radius 3 is 1.70 bits per heavy atom. The zero-order valence-corrected chi connectivity index (χ0v) is 18.2. The molecular weight excluding hydrogens is 416 g/mol. The predicted octanol–water partition coefficient (Wildman–Crippen LogP) is 3.72. The van der Waals surface area contributed by atoms with Gasteiger partial charge >= 0.3 is 5.97 Å². The number of carboxylic acids is 1. The summed E-state index contributed by atoms with van der Waals surface area (Å²) in [6.45, 7) is 0.847. The number of hydrogen-bond acceptors (Lipinski definition) is 3. The highest BCUT2D eigenvalue weighted by Crippen LogP contribution is 2.30. The third kappa shape index (κ3) is 5.29. The van der Waals surface area contributed by atoms with Crippen molar-refractivity contribution in [1.82, 2.24) is 9.80 Å². The molecule has 0 spiro atoms. The van der Waals surface area contributed by atoms with E-state index >= 15 is 0 Å². The Kier molecular flexibility index (Phi) is 6.83. The van der Waals surface area contributed by atoms with Crippen molar-refractivity contribution in [2.75, 3.05) is 0 Å². The van der Waals surface area contributed by atoms with Gasteiger partial charge in [-0.25, -0.2) is 0 Å². The van der Waals surface area contributed by atoms with E-state index in [1.807, 2.05) is 91.0 Å². The molecule has 0 bridgehead atoms. The van der Waals surface area contributed by atoms with Crippen LogP contribution in [0.15, 0.2) is 91.0 Å². The number of carbonyl (C=O) groups is 3. The Morgan fingerprint density at radius 1 is 0.788 bits per heavy atom. The van der Waals surface area contributed by atoms with E-state index in [2.05, 4.69) is 0 Å². The van der Waals surface area contributed by atoms with Gasteiger partial charge in [-0.15, -0.1) is 0 Å². The second-order valence-electron chi connectivity index (χ2n) is 8.27. The summed E-state index contributed by atoms with van der Waals surface area (Å²) in [4.78, 5) is 41.9. The molecule has 33 heavy (non-hydrogen) atoms. The number of rotatable bonds is 8. The summed E-state index contributed by atoms with van der Waals surface area (Å²) in [7, 11) is 0. The molecule has 1 N–H and O–H groups in total. The summed E-state index contributed by atoms with van der Waals surface area (Å²) in [5.74, 6) is -2.87. The summed E-state index contributed by atoms with van der Waals surface area (Å²) >= 11 is 0. The van der Waals surface area contributed by atoms with Crippen LogP contribution in [-0.2, 0) is 34.0 Å². The molecule has 3 aromatic rings. The van der Waals surface area contributed by atoms with E-state index in [4.69, 9.17) is 0 Å². The molecule has 1 aliphatic rings. The van der Waals surface area contributed by atoms with Gasteiger partial charge in [0, 0.05) is 26.1 Å². The maximum Gasteiger partial charge on any atom is 0.309 e. The van der Waals surface area contributed by atoms with Crippen LogP contribution in [0.25, 0.3) is 0 Å². The van der Waals surface area contributed by atoms with Crippen molar-refractivity contribution in [2.24, 2.45) is 5.92 Å². The minimum absolute atomic E-state index is 0.177. The summed E-state index contributed by atoms with van der Waals surface area (Å²) in [5.41, 5.74) is 2.73. The number of aliphatic carboxylic acids is 1. The molecule has 2 atom stereocenters. The molecule has 2 amide bonds. The minimum Gasteiger partial charge on any atom is -0.481 e. The maximum absolute atomic E-state index is 13.9.